The molecule has 1 amide bonds. The first-order valence-electron chi connectivity index (χ1n) is 12.7. The number of alkyl halides is 3. The van der Waals surface area contributed by atoms with Crippen LogP contribution in [0.2, 0.25) is 0 Å². The maximum Gasteiger partial charge on any atom is 0.416 e. The Hall–Kier alpha value is -3.32. The number of hydrogen-bond acceptors (Lipinski definition) is 4. The smallest absolute Gasteiger partial charge is 0.416 e. The molecule has 0 bridgehead atoms. The van der Waals surface area contributed by atoms with Gasteiger partial charge in [0.05, 0.1) is 11.5 Å². The van der Waals surface area contributed by atoms with Crippen molar-refractivity contribution < 1.29 is 32.6 Å². The lowest BCUT2D eigenvalue weighted by Gasteiger charge is -2.26. The molecule has 2 aromatic rings. The summed E-state index contributed by atoms with van der Waals surface area (Å²) in [5, 5.41) is 12.2. The second-order valence-corrected chi connectivity index (χ2v) is 10.1. The zero-order chi connectivity index (χ0) is 28.1. The third-order valence-corrected chi connectivity index (χ3v) is 6.94. The molecule has 0 saturated heterocycles. The van der Waals surface area contributed by atoms with E-state index in [-0.39, 0.29) is 35.7 Å². The molecule has 1 aliphatic carbocycles. The maximum atomic E-state index is 13.5. The highest BCUT2D eigenvalue weighted by molar-refractivity contribution is 5.95. The number of ether oxygens (including phenoxy) is 1. The number of carbonyl (C=O) groups excluding carboxylic acids is 1. The van der Waals surface area contributed by atoms with Crippen LogP contribution in [0.5, 0.6) is 0 Å². The van der Waals surface area contributed by atoms with Crippen molar-refractivity contribution in [1.82, 2.24) is 14.9 Å². The van der Waals surface area contributed by atoms with Crippen LogP contribution in [0.25, 0.3) is 0 Å². The summed E-state index contributed by atoms with van der Waals surface area (Å²) in [5.41, 5.74) is -0.430. The Kier molecular flexibility index (Phi) is 9.26. The Bertz CT molecular complexity index is 1200. The zero-order valence-corrected chi connectivity index (χ0v) is 22.1. The molecule has 1 aromatic heterocycles. The number of carboxylic acid groups (broad SMARTS) is 1. The number of methoxy groups -OCH3 is 1. The van der Waals surface area contributed by atoms with Crippen LogP contribution in [0.4, 0.5) is 13.2 Å². The molecule has 0 spiro atoms. The summed E-state index contributed by atoms with van der Waals surface area (Å²) >= 11 is 0. The lowest BCUT2D eigenvalue weighted by Crippen LogP contribution is -2.34. The average molecular weight is 534 g/mol. The Morgan fingerprint density at radius 2 is 1.79 bits per heavy atom. The fourth-order valence-electron chi connectivity index (χ4n) is 4.43. The lowest BCUT2D eigenvalue weighted by atomic mass is 9.82. The molecular formula is C28H34F3N3O4. The third-order valence-electron chi connectivity index (χ3n) is 6.94. The number of halogens is 3. The van der Waals surface area contributed by atoms with Gasteiger partial charge < -0.3 is 19.7 Å². The van der Waals surface area contributed by atoms with E-state index in [1.54, 1.807) is 18.4 Å². The number of rotatable bonds is 8. The van der Waals surface area contributed by atoms with Crippen molar-refractivity contribution in [3.63, 3.8) is 0 Å². The van der Waals surface area contributed by atoms with Gasteiger partial charge in [-0.2, -0.15) is 13.2 Å². The molecule has 10 heteroatoms. The van der Waals surface area contributed by atoms with Gasteiger partial charge >= 0.3 is 12.1 Å². The summed E-state index contributed by atoms with van der Waals surface area (Å²) in [5.74, 6) is 5.18. The Morgan fingerprint density at radius 1 is 1.16 bits per heavy atom. The van der Waals surface area contributed by atoms with Gasteiger partial charge in [0.25, 0.3) is 5.91 Å². The number of carboxylic acids is 1. The number of amides is 1. The largest absolute Gasteiger partial charge is 0.481 e. The van der Waals surface area contributed by atoms with Gasteiger partial charge in [-0.3, -0.25) is 9.59 Å². The van der Waals surface area contributed by atoms with E-state index in [0.717, 1.165) is 12.1 Å². The fourth-order valence-corrected chi connectivity index (χ4v) is 4.43. The van der Waals surface area contributed by atoms with Gasteiger partial charge in [0, 0.05) is 26.6 Å². The van der Waals surface area contributed by atoms with Crippen molar-refractivity contribution in [3.05, 3.63) is 52.6 Å². The van der Waals surface area contributed by atoms with Crippen molar-refractivity contribution in [2.75, 3.05) is 13.7 Å². The van der Waals surface area contributed by atoms with Gasteiger partial charge in [-0.15, -0.1) is 0 Å². The summed E-state index contributed by atoms with van der Waals surface area (Å²) in [7, 11) is 1.53. The summed E-state index contributed by atoms with van der Waals surface area (Å²) in [4.78, 5) is 29.3. The van der Waals surface area contributed by atoms with Crippen LogP contribution in [0.3, 0.4) is 0 Å². The predicted molar refractivity (Wildman–Crippen MR) is 136 cm³/mol. The van der Waals surface area contributed by atoms with Crippen LogP contribution < -0.4 is 5.32 Å². The van der Waals surface area contributed by atoms with E-state index in [1.807, 2.05) is 6.92 Å². The molecule has 0 atom stereocenters. The number of aromatic nitrogens is 2. The topological polar surface area (TPSA) is 93.4 Å². The highest BCUT2D eigenvalue weighted by atomic mass is 19.4. The molecular weight excluding hydrogens is 499 g/mol. The van der Waals surface area contributed by atoms with Crippen LogP contribution in [0.15, 0.2) is 24.3 Å². The molecule has 206 valence electrons. The van der Waals surface area contributed by atoms with Gasteiger partial charge in [0.2, 0.25) is 0 Å². The first-order chi connectivity index (χ1) is 17.8. The van der Waals surface area contributed by atoms with Gasteiger partial charge in [0.1, 0.15) is 22.8 Å². The second kappa shape index (κ2) is 12.0. The Balaban J connectivity index is 1.90. The summed E-state index contributed by atoms with van der Waals surface area (Å²) in [6.07, 6.45) is -1.40. The van der Waals surface area contributed by atoms with Gasteiger partial charge in [0.15, 0.2) is 0 Å². The van der Waals surface area contributed by atoms with Gasteiger partial charge in [-0.25, -0.2) is 4.98 Å². The zero-order valence-electron chi connectivity index (χ0n) is 22.1. The first-order valence-corrected chi connectivity index (χ1v) is 12.7. The Morgan fingerprint density at radius 3 is 2.32 bits per heavy atom. The Labute approximate surface area is 220 Å². The molecule has 0 radical (unpaired) electrons. The first kappa shape index (κ1) is 29.2. The molecule has 1 saturated carbocycles. The highest BCUT2D eigenvalue weighted by Crippen LogP contribution is 2.30. The molecule has 1 aromatic carbocycles. The molecule has 7 nitrogen and oxygen atoms in total. The van der Waals surface area contributed by atoms with E-state index < -0.39 is 23.3 Å². The number of nitrogens with zero attached hydrogens (tertiary/aromatic N) is 2. The molecule has 1 aliphatic rings. The van der Waals surface area contributed by atoms with Crippen LogP contribution in [-0.2, 0) is 28.7 Å². The van der Waals surface area contributed by atoms with Gasteiger partial charge in [-0.1, -0.05) is 25.0 Å². The quantitative estimate of drug-likeness (QED) is 0.471. The van der Waals surface area contributed by atoms with E-state index in [2.05, 4.69) is 22.1 Å². The minimum absolute atomic E-state index is 0.149. The minimum Gasteiger partial charge on any atom is -0.481 e. The summed E-state index contributed by atoms with van der Waals surface area (Å²) in [6, 6.07) is 4.83. The number of aliphatic carboxylic acids is 1. The van der Waals surface area contributed by atoms with E-state index in [4.69, 9.17) is 4.74 Å². The number of hydrogen-bond donors (Lipinski definition) is 2. The SMILES string of the molecule is CCc1nc(C#CC(C)(C)OC)c(C(=O)NC[C@H]2CC[C@H](C(=O)O)CC2)n1Cc1ccc(C(F)(F)F)cc1. The van der Waals surface area contributed by atoms with E-state index in [9.17, 15) is 27.9 Å². The van der Waals surface area contributed by atoms with Crippen LogP contribution in [0, 0.1) is 23.7 Å². The molecule has 2 N–H and O–H groups in total. The normalized spacial score (nSPS) is 18.0. The van der Waals surface area contributed by atoms with E-state index >= 15 is 0 Å². The van der Waals surface area contributed by atoms with Crippen molar-refractivity contribution in [2.45, 2.75) is 71.2 Å². The van der Waals surface area contributed by atoms with Crippen LogP contribution in [0.1, 0.15) is 79.6 Å². The van der Waals surface area contributed by atoms with Crippen LogP contribution in [-0.4, -0.2) is 45.8 Å². The van der Waals surface area contributed by atoms with Crippen molar-refractivity contribution in [1.29, 1.82) is 0 Å². The third kappa shape index (κ3) is 7.38. The number of carbonyl (C=O) groups is 2. The van der Waals surface area contributed by atoms with Crippen molar-refractivity contribution >= 4 is 11.9 Å². The van der Waals surface area contributed by atoms with E-state index in [1.165, 1.54) is 19.2 Å². The molecule has 38 heavy (non-hydrogen) atoms. The number of imidazole rings is 1. The maximum absolute atomic E-state index is 13.5. The lowest BCUT2D eigenvalue weighted by molar-refractivity contribution is -0.143. The summed E-state index contributed by atoms with van der Waals surface area (Å²) < 4.78 is 46.1. The molecule has 1 fully saturated rings. The standard InChI is InChI=1S/C28H34F3N3O4/c1-5-23-33-22(14-15-27(2,3)38-4)24(25(35)32-16-18-6-10-20(11-7-18)26(36)37)34(23)17-19-8-12-21(13-9-19)28(29,30)31/h8-9,12-13,18,20H,5-7,10-11,16-17H2,1-4H3,(H,32,35)(H,36,37)/t18-,20-. The van der Waals surface area contributed by atoms with E-state index in [0.29, 0.717) is 50.0 Å². The van der Waals surface area contributed by atoms with Crippen molar-refractivity contribution in [3.8, 4) is 11.8 Å². The minimum atomic E-state index is -4.44. The molecule has 0 aliphatic heterocycles. The van der Waals surface area contributed by atoms with Gasteiger partial charge in [-0.05, 0) is 69.1 Å². The van der Waals surface area contributed by atoms with Crippen LogP contribution >= 0.6 is 0 Å². The second-order valence-electron chi connectivity index (χ2n) is 10.1. The summed E-state index contributed by atoms with van der Waals surface area (Å²) in [6.45, 7) is 5.98. The highest BCUT2D eigenvalue weighted by Gasteiger charge is 2.30. The molecule has 3 rings (SSSR count). The molecule has 0 unspecified atom stereocenters. The number of nitrogens with one attached hydrogen (secondary N) is 1. The fraction of sp³-hybridized carbons (Fsp3) is 0.536. The number of aryl methyl sites for hydroxylation is 1. The molecule has 1 heterocycles. The predicted octanol–water partition coefficient (Wildman–Crippen LogP) is 4.91. The van der Waals surface area contributed by atoms with Crippen molar-refractivity contribution in [2.24, 2.45) is 11.8 Å². The monoisotopic (exact) mass is 533 g/mol. The average Bonchev–Trinajstić information content (AvgIpc) is 3.23. The number of benzene rings is 1.